The first-order chi connectivity index (χ1) is 9.65. The number of halogens is 1. The van der Waals surface area contributed by atoms with Crippen molar-refractivity contribution in [3.05, 3.63) is 51.2 Å². The largest absolute Gasteiger partial charge is 0.389 e. The van der Waals surface area contributed by atoms with E-state index >= 15 is 0 Å². The zero-order valence-electron chi connectivity index (χ0n) is 11.4. The normalized spacial score (nSPS) is 16.1. The first-order valence-corrected chi connectivity index (χ1v) is 8.17. The number of aliphatic hydroxyl groups is 1. The molecule has 3 rings (SSSR count). The Morgan fingerprint density at radius 2 is 2.20 bits per heavy atom. The third kappa shape index (κ3) is 3.00. The van der Waals surface area contributed by atoms with Crippen molar-refractivity contribution in [1.29, 1.82) is 0 Å². The van der Waals surface area contributed by atoms with Crippen LogP contribution in [0.15, 0.2) is 35.7 Å². The number of aliphatic hydroxyl groups excluding tert-OH is 1. The fourth-order valence-corrected chi connectivity index (χ4v) is 3.38. The minimum atomic E-state index is -0.478. The molecule has 0 spiro atoms. The van der Waals surface area contributed by atoms with E-state index in [4.69, 9.17) is 11.6 Å². The van der Waals surface area contributed by atoms with Crippen LogP contribution in [0.2, 0.25) is 5.02 Å². The monoisotopic (exact) mass is 307 g/mol. The van der Waals surface area contributed by atoms with Gasteiger partial charge in [-0.2, -0.15) is 0 Å². The smallest absolute Gasteiger partial charge is 0.0762 e. The number of anilines is 1. The Labute approximate surface area is 128 Å². The average Bonchev–Trinajstić information content (AvgIpc) is 3.14. The summed E-state index contributed by atoms with van der Waals surface area (Å²) in [5.41, 5.74) is 1.94. The van der Waals surface area contributed by atoms with Crippen molar-refractivity contribution in [3.8, 4) is 0 Å². The lowest BCUT2D eigenvalue weighted by Gasteiger charge is -2.25. The summed E-state index contributed by atoms with van der Waals surface area (Å²) in [7, 11) is 0. The molecule has 0 amide bonds. The summed E-state index contributed by atoms with van der Waals surface area (Å²) in [4.78, 5) is 3.74. The number of rotatable bonds is 5. The predicted octanol–water partition coefficient (Wildman–Crippen LogP) is 4.62. The molecule has 0 radical (unpaired) electrons. The van der Waals surface area contributed by atoms with Gasteiger partial charge < -0.3 is 10.0 Å². The molecule has 0 unspecified atom stereocenters. The Balaban J connectivity index is 1.87. The van der Waals surface area contributed by atoms with Gasteiger partial charge in [-0.1, -0.05) is 23.7 Å². The SMILES string of the molecule is C[C@H](O)c1ccc(N(Cc2cccs2)C2CC2)c(Cl)c1. The van der Waals surface area contributed by atoms with Crippen molar-refractivity contribution >= 4 is 28.6 Å². The Morgan fingerprint density at radius 1 is 1.40 bits per heavy atom. The van der Waals surface area contributed by atoms with Gasteiger partial charge in [0.25, 0.3) is 0 Å². The molecule has 1 saturated carbocycles. The second kappa shape index (κ2) is 5.76. The van der Waals surface area contributed by atoms with Crippen LogP contribution in [-0.2, 0) is 6.54 Å². The van der Waals surface area contributed by atoms with Gasteiger partial charge >= 0.3 is 0 Å². The second-order valence-electron chi connectivity index (χ2n) is 5.33. The molecule has 1 fully saturated rings. The van der Waals surface area contributed by atoms with E-state index in [0.717, 1.165) is 22.8 Å². The van der Waals surface area contributed by atoms with Gasteiger partial charge in [0, 0.05) is 10.9 Å². The minimum Gasteiger partial charge on any atom is -0.389 e. The lowest BCUT2D eigenvalue weighted by atomic mass is 10.1. The summed E-state index contributed by atoms with van der Waals surface area (Å²) >= 11 is 8.21. The van der Waals surface area contributed by atoms with Crippen molar-refractivity contribution in [3.63, 3.8) is 0 Å². The first-order valence-electron chi connectivity index (χ1n) is 6.91. The molecular formula is C16H18ClNOS. The van der Waals surface area contributed by atoms with Gasteiger partial charge in [0.1, 0.15) is 0 Å². The fraction of sp³-hybridized carbons (Fsp3) is 0.375. The van der Waals surface area contributed by atoms with Crippen molar-refractivity contribution in [1.82, 2.24) is 0 Å². The van der Waals surface area contributed by atoms with E-state index in [0.29, 0.717) is 6.04 Å². The van der Waals surface area contributed by atoms with Crippen LogP contribution in [0.3, 0.4) is 0 Å². The maximum atomic E-state index is 9.64. The van der Waals surface area contributed by atoms with Crippen molar-refractivity contribution in [2.45, 2.75) is 38.5 Å². The molecule has 1 aliphatic carbocycles. The third-order valence-electron chi connectivity index (χ3n) is 3.66. The van der Waals surface area contributed by atoms with Gasteiger partial charge in [-0.25, -0.2) is 0 Å². The lowest BCUT2D eigenvalue weighted by Crippen LogP contribution is -2.24. The Kier molecular flexibility index (Phi) is 4.01. The van der Waals surface area contributed by atoms with Crippen LogP contribution >= 0.6 is 22.9 Å². The predicted molar refractivity (Wildman–Crippen MR) is 85.6 cm³/mol. The van der Waals surface area contributed by atoms with E-state index in [2.05, 4.69) is 22.4 Å². The summed E-state index contributed by atoms with van der Waals surface area (Å²) in [6.07, 6.45) is 1.99. The van der Waals surface area contributed by atoms with Crippen LogP contribution in [0.25, 0.3) is 0 Å². The molecule has 106 valence electrons. The highest BCUT2D eigenvalue weighted by atomic mass is 35.5. The van der Waals surface area contributed by atoms with Crippen LogP contribution in [-0.4, -0.2) is 11.1 Å². The topological polar surface area (TPSA) is 23.5 Å². The van der Waals surface area contributed by atoms with E-state index in [1.807, 2.05) is 18.2 Å². The van der Waals surface area contributed by atoms with Gasteiger partial charge in [-0.15, -0.1) is 11.3 Å². The van der Waals surface area contributed by atoms with E-state index in [1.54, 1.807) is 18.3 Å². The summed E-state index contributed by atoms with van der Waals surface area (Å²) in [6.45, 7) is 2.67. The lowest BCUT2D eigenvalue weighted by molar-refractivity contribution is 0.199. The van der Waals surface area contributed by atoms with Crippen LogP contribution < -0.4 is 4.90 Å². The highest BCUT2D eigenvalue weighted by Crippen LogP contribution is 2.38. The molecule has 1 heterocycles. The quantitative estimate of drug-likeness (QED) is 0.871. The van der Waals surface area contributed by atoms with Crippen molar-refractivity contribution < 1.29 is 5.11 Å². The van der Waals surface area contributed by atoms with Crippen LogP contribution in [0.5, 0.6) is 0 Å². The number of benzene rings is 1. The maximum Gasteiger partial charge on any atom is 0.0762 e. The Hall–Kier alpha value is -1.03. The van der Waals surface area contributed by atoms with Gasteiger partial charge in [0.2, 0.25) is 0 Å². The summed E-state index contributed by atoms with van der Waals surface area (Å²) in [5, 5.41) is 12.5. The fourth-order valence-electron chi connectivity index (χ4n) is 2.38. The van der Waals surface area contributed by atoms with E-state index < -0.39 is 6.10 Å². The zero-order chi connectivity index (χ0) is 14.1. The summed E-state index contributed by atoms with van der Waals surface area (Å²) in [6, 6.07) is 10.7. The molecule has 20 heavy (non-hydrogen) atoms. The highest BCUT2D eigenvalue weighted by Gasteiger charge is 2.30. The van der Waals surface area contributed by atoms with Gasteiger partial charge in [0.05, 0.1) is 23.4 Å². The molecule has 2 aromatic rings. The van der Waals surface area contributed by atoms with Crippen molar-refractivity contribution in [2.24, 2.45) is 0 Å². The number of nitrogens with zero attached hydrogens (tertiary/aromatic N) is 1. The van der Waals surface area contributed by atoms with E-state index in [-0.39, 0.29) is 0 Å². The summed E-state index contributed by atoms with van der Waals surface area (Å²) in [5.74, 6) is 0. The minimum absolute atomic E-state index is 0.478. The maximum absolute atomic E-state index is 9.64. The molecule has 0 aliphatic heterocycles. The molecule has 1 aromatic heterocycles. The van der Waals surface area contributed by atoms with E-state index in [1.165, 1.54) is 17.7 Å². The van der Waals surface area contributed by atoms with Crippen LogP contribution in [0.4, 0.5) is 5.69 Å². The molecule has 0 saturated heterocycles. The second-order valence-corrected chi connectivity index (χ2v) is 6.76. The summed E-state index contributed by atoms with van der Waals surface area (Å²) < 4.78 is 0. The molecule has 1 N–H and O–H groups in total. The van der Waals surface area contributed by atoms with Gasteiger partial charge in [-0.05, 0) is 48.9 Å². The molecule has 1 atom stereocenters. The van der Waals surface area contributed by atoms with Gasteiger partial charge in [0.15, 0.2) is 0 Å². The molecule has 0 bridgehead atoms. The van der Waals surface area contributed by atoms with Crippen LogP contribution in [0.1, 0.15) is 36.3 Å². The standard InChI is InChI=1S/C16H18ClNOS/c1-11(19)12-4-7-16(15(17)9-12)18(13-5-6-13)10-14-3-2-8-20-14/h2-4,7-9,11,13,19H,5-6,10H2,1H3/t11-/m0/s1. The Morgan fingerprint density at radius 3 is 2.75 bits per heavy atom. The molecule has 1 aliphatic rings. The number of thiophene rings is 1. The molecule has 2 nitrogen and oxygen atoms in total. The Bertz CT molecular complexity index is 578. The van der Waals surface area contributed by atoms with Crippen molar-refractivity contribution in [2.75, 3.05) is 4.90 Å². The highest BCUT2D eigenvalue weighted by molar-refractivity contribution is 7.09. The van der Waals surface area contributed by atoms with Gasteiger partial charge in [-0.3, -0.25) is 0 Å². The number of hydrogen-bond donors (Lipinski definition) is 1. The van der Waals surface area contributed by atoms with Crippen LogP contribution in [0, 0.1) is 0 Å². The molecule has 4 heteroatoms. The third-order valence-corrected chi connectivity index (χ3v) is 4.82. The number of hydrogen-bond acceptors (Lipinski definition) is 3. The molecule has 1 aromatic carbocycles. The zero-order valence-corrected chi connectivity index (χ0v) is 13.0. The van der Waals surface area contributed by atoms with E-state index in [9.17, 15) is 5.11 Å². The molecular weight excluding hydrogens is 290 g/mol. The average molecular weight is 308 g/mol. The first kappa shape index (κ1) is 13.9.